The van der Waals surface area contributed by atoms with E-state index in [9.17, 15) is 8.42 Å². The van der Waals surface area contributed by atoms with E-state index in [0.717, 1.165) is 36.5 Å². The van der Waals surface area contributed by atoms with Crippen molar-refractivity contribution in [1.82, 2.24) is 14.1 Å². The number of aromatic nitrogens is 2. The Morgan fingerprint density at radius 1 is 1.30 bits per heavy atom. The highest BCUT2D eigenvalue weighted by Crippen LogP contribution is 2.54. The Hall–Kier alpha value is -1.40. The number of nitrogens with one attached hydrogen (secondary N) is 1. The van der Waals surface area contributed by atoms with E-state index < -0.39 is 10.0 Å². The molecule has 0 aromatic carbocycles. The molecule has 0 atom stereocenters. The molecule has 2 saturated carbocycles. The fourth-order valence-electron chi connectivity index (χ4n) is 4.41. The highest BCUT2D eigenvalue weighted by molar-refractivity contribution is 7.89. The highest BCUT2D eigenvalue weighted by atomic mass is 32.2. The molecule has 0 spiro atoms. The number of hydrogen-bond acceptors (Lipinski definition) is 3. The van der Waals surface area contributed by atoms with Crippen LogP contribution >= 0.6 is 0 Å². The lowest BCUT2D eigenvalue weighted by Crippen LogP contribution is -2.35. The Bertz CT molecular complexity index is 771. The number of rotatable bonds is 6. The van der Waals surface area contributed by atoms with Gasteiger partial charge in [-0.15, -0.1) is 0 Å². The molecule has 0 amide bonds. The summed E-state index contributed by atoms with van der Waals surface area (Å²) in [6.07, 6.45) is 10.3. The van der Waals surface area contributed by atoms with E-state index in [1.807, 2.05) is 35.0 Å². The fraction of sp³-hybridized carbons (Fsp3) is 0.588. The quantitative estimate of drug-likeness (QED) is 0.883. The van der Waals surface area contributed by atoms with E-state index in [4.69, 9.17) is 0 Å². The van der Waals surface area contributed by atoms with Crippen molar-refractivity contribution in [2.24, 2.45) is 11.3 Å². The number of fused-ring (bicyclic) bond motifs is 3. The molecular formula is C17H23N3O2S. The van der Waals surface area contributed by atoms with Crippen molar-refractivity contribution in [2.75, 3.05) is 12.3 Å². The first-order valence-corrected chi connectivity index (χ1v) is 10.1. The van der Waals surface area contributed by atoms with Gasteiger partial charge in [0.25, 0.3) is 0 Å². The van der Waals surface area contributed by atoms with Crippen molar-refractivity contribution in [3.63, 3.8) is 0 Å². The Balaban J connectivity index is 1.34. The van der Waals surface area contributed by atoms with E-state index in [0.29, 0.717) is 18.7 Å². The fourth-order valence-corrected chi connectivity index (χ4v) is 6.14. The van der Waals surface area contributed by atoms with Gasteiger partial charge in [0.1, 0.15) is 5.65 Å². The van der Waals surface area contributed by atoms with Crippen molar-refractivity contribution >= 4 is 15.7 Å². The molecule has 2 aromatic rings. The first kappa shape index (κ1) is 15.1. The second-order valence-electron chi connectivity index (χ2n) is 7.25. The number of pyridine rings is 1. The van der Waals surface area contributed by atoms with Crippen LogP contribution in [0.25, 0.3) is 5.65 Å². The van der Waals surface area contributed by atoms with E-state index in [1.54, 1.807) is 0 Å². The summed E-state index contributed by atoms with van der Waals surface area (Å²) < 4.78 is 29.5. The molecule has 2 heterocycles. The Labute approximate surface area is 137 Å². The standard InChI is InChI=1S/C17H23N3O2S/c21-23(22,13-17-7-4-14(11-17)5-8-17)18-9-6-15-12-20-10-2-1-3-16(20)19-15/h1-3,10,12,14,18H,4-9,11,13H2. The van der Waals surface area contributed by atoms with E-state index >= 15 is 0 Å². The topological polar surface area (TPSA) is 63.5 Å². The first-order valence-electron chi connectivity index (χ1n) is 8.44. The third-order valence-electron chi connectivity index (χ3n) is 5.50. The molecule has 5 nitrogen and oxygen atoms in total. The molecule has 2 aliphatic rings. The minimum Gasteiger partial charge on any atom is -0.307 e. The smallest absolute Gasteiger partial charge is 0.212 e. The van der Waals surface area contributed by atoms with Crippen LogP contribution in [0.2, 0.25) is 0 Å². The van der Waals surface area contributed by atoms with E-state index in [2.05, 4.69) is 9.71 Å². The van der Waals surface area contributed by atoms with Gasteiger partial charge in [-0.2, -0.15) is 0 Å². The van der Waals surface area contributed by atoms with Gasteiger partial charge in [-0.3, -0.25) is 0 Å². The molecule has 0 aliphatic heterocycles. The normalized spacial score (nSPS) is 27.0. The average molecular weight is 333 g/mol. The predicted octanol–water partition coefficient (Wildman–Crippen LogP) is 2.38. The largest absolute Gasteiger partial charge is 0.307 e. The Morgan fingerprint density at radius 2 is 2.13 bits per heavy atom. The van der Waals surface area contributed by atoms with Gasteiger partial charge >= 0.3 is 0 Å². The van der Waals surface area contributed by atoms with Crippen LogP contribution in [-0.2, 0) is 16.4 Å². The average Bonchev–Trinajstić information content (AvgIpc) is 3.18. The van der Waals surface area contributed by atoms with Crippen LogP contribution < -0.4 is 4.72 Å². The maximum Gasteiger partial charge on any atom is 0.212 e. The number of sulfonamides is 1. The van der Waals surface area contributed by atoms with Crippen LogP contribution in [-0.4, -0.2) is 30.1 Å². The van der Waals surface area contributed by atoms with Crippen molar-refractivity contribution in [3.8, 4) is 0 Å². The summed E-state index contributed by atoms with van der Waals surface area (Å²) in [6, 6.07) is 5.85. The minimum absolute atomic E-state index is 0.0690. The molecule has 0 unspecified atom stereocenters. The van der Waals surface area contributed by atoms with Gasteiger partial charge in [-0.1, -0.05) is 6.07 Å². The zero-order valence-corrected chi connectivity index (χ0v) is 14.1. The van der Waals surface area contributed by atoms with Crippen LogP contribution in [0.3, 0.4) is 0 Å². The van der Waals surface area contributed by atoms with E-state index in [-0.39, 0.29) is 5.41 Å². The van der Waals surface area contributed by atoms with Gasteiger partial charge in [0.15, 0.2) is 0 Å². The molecular weight excluding hydrogens is 310 g/mol. The maximum atomic E-state index is 12.4. The molecule has 0 saturated heterocycles. The molecule has 2 bridgehead atoms. The zero-order chi connectivity index (χ0) is 15.9. The van der Waals surface area contributed by atoms with Gasteiger partial charge in [0.05, 0.1) is 11.4 Å². The lowest BCUT2D eigenvalue weighted by atomic mass is 9.87. The van der Waals surface area contributed by atoms with Gasteiger partial charge < -0.3 is 4.40 Å². The van der Waals surface area contributed by atoms with Crippen LogP contribution in [0, 0.1) is 11.3 Å². The molecule has 4 rings (SSSR count). The predicted molar refractivity (Wildman–Crippen MR) is 89.7 cm³/mol. The summed E-state index contributed by atoms with van der Waals surface area (Å²) in [4.78, 5) is 4.50. The minimum atomic E-state index is -3.19. The molecule has 1 N–H and O–H groups in total. The second-order valence-corrected chi connectivity index (χ2v) is 9.06. The van der Waals surface area contributed by atoms with Crippen LogP contribution in [0.15, 0.2) is 30.6 Å². The lowest BCUT2D eigenvalue weighted by Gasteiger charge is -2.26. The third-order valence-corrected chi connectivity index (χ3v) is 7.14. The Kier molecular flexibility index (Phi) is 3.69. The molecule has 6 heteroatoms. The zero-order valence-electron chi connectivity index (χ0n) is 13.2. The summed E-state index contributed by atoms with van der Waals surface area (Å²) in [7, 11) is -3.19. The van der Waals surface area contributed by atoms with Gasteiger partial charge in [-0.25, -0.2) is 18.1 Å². The van der Waals surface area contributed by atoms with Crippen molar-refractivity contribution in [1.29, 1.82) is 0 Å². The van der Waals surface area contributed by atoms with Crippen molar-refractivity contribution < 1.29 is 8.42 Å². The van der Waals surface area contributed by atoms with Gasteiger partial charge in [-0.05, 0) is 55.6 Å². The lowest BCUT2D eigenvalue weighted by molar-refractivity contribution is 0.333. The summed E-state index contributed by atoms with van der Waals surface area (Å²) in [5, 5.41) is 0. The highest BCUT2D eigenvalue weighted by Gasteiger charge is 2.47. The van der Waals surface area contributed by atoms with Gasteiger partial charge in [0, 0.05) is 25.4 Å². The number of hydrogen-bond donors (Lipinski definition) is 1. The molecule has 0 radical (unpaired) electrons. The number of nitrogens with zero attached hydrogens (tertiary/aromatic N) is 2. The summed E-state index contributed by atoms with van der Waals surface area (Å²) in [5.41, 5.74) is 1.88. The third kappa shape index (κ3) is 3.15. The van der Waals surface area contributed by atoms with Crippen LogP contribution in [0.5, 0.6) is 0 Å². The maximum absolute atomic E-state index is 12.4. The monoisotopic (exact) mass is 333 g/mol. The Morgan fingerprint density at radius 3 is 2.83 bits per heavy atom. The summed E-state index contributed by atoms with van der Waals surface area (Å²) in [6.45, 7) is 0.422. The van der Waals surface area contributed by atoms with Gasteiger partial charge in [0.2, 0.25) is 10.0 Å². The number of imidazole rings is 1. The summed E-state index contributed by atoms with van der Waals surface area (Å²) >= 11 is 0. The van der Waals surface area contributed by atoms with Crippen LogP contribution in [0.1, 0.15) is 37.8 Å². The van der Waals surface area contributed by atoms with E-state index in [1.165, 1.54) is 12.8 Å². The van der Waals surface area contributed by atoms with Crippen molar-refractivity contribution in [3.05, 3.63) is 36.3 Å². The molecule has 2 aliphatic carbocycles. The second kappa shape index (κ2) is 5.60. The van der Waals surface area contributed by atoms with Crippen LogP contribution in [0.4, 0.5) is 0 Å². The van der Waals surface area contributed by atoms with Crippen molar-refractivity contribution in [2.45, 2.75) is 38.5 Å². The summed E-state index contributed by atoms with van der Waals surface area (Å²) in [5.74, 6) is 1.09. The first-order chi connectivity index (χ1) is 11.0. The molecule has 23 heavy (non-hydrogen) atoms. The molecule has 124 valence electrons. The molecule has 2 fully saturated rings. The molecule has 2 aromatic heterocycles. The SMILES string of the molecule is O=S(=O)(CC12CCC(CC1)C2)NCCc1cn2ccccc2n1.